The van der Waals surface area contributed by atoms with Crippen molar-refractivity contribution >= 4 is 54.8 Å². The van der Waals surface area contributed by atoms with Crippen LogP contribution in [0.2, 0.25) is 0 Å². The zero-order valence-electron chi connectivity index (χ0n) is 14.5. The fraction of sp³-hybridized carbons (Fsp3) is 0. The van der Waals surface area contributed by atoms with Gasteiger partial charge in [-0.1, -0.05) is 57.6 Å². The van der Waals surface area contributed by atoms with Gasteiger partial charge in [0.15, 0.2) is 0 Å². The highest BCUT2D eigenvalue weighted by molar-refractivity contribution is 9.10. The van der Waals surface area contributed by atoms with E-state index in [9.17, 15) is 4.79 Å². The van der Waals surface area contributed by atoms with Gasteiger partial charge in [0.1, 0.15) is 5.75 Å². The molecule has 0 unspecified atom stereocenters. The van der Waals surface area contributed by atoms with Gasteiger partial charge in [-0.2, -0.15) is 5.10 Å². The number of nitrogens with zero attached hydrogens (tertiary/aromatic N) is 2. The number of anilines is 1. The van der Waals surface area contributed by atoms with Crippen LogP contribution in [0.15, 0.2) is 82.4 Å². The van der Waals surface area contributed by atoms with E-state index in [1.807, 2.05) is 48.5 Å². The molecule has 1 aromatic heterocycles. The lowest BCUT2D eigenvalue weighted by Crippen LogP contribution is -2.09. The Kier molecular flexibility index (Phi) is 5.45. The molecule has 0 aliphatic heterocycles. The molecule has 5 nitrogen and oxygen atoms in total. The lowest BCUT2D eigenvalue weighted by molar-refractivity contribution is 0.0734. The van der Waals surface area contributed by atoms with E-state index in [1.165, 1.54) is 11.3 Å². The lowest BCUT2D eigenvalue weighted by Gasteiger charge is -2.07. The van der Waals surface area contributed by atoms with Gasteiger partial charge in [0, 0.05) is 10.0 Å². The summed E-state index contributed by atoms with van der Waals surface area (Å²) >= 11 is 4.88. The highest BCUT2D eigenvalue weighted by Crippen LogP contribution is 2.25. The second kappa shape index (κ2) is 8.33. The third-order valence-corrected chi connectivity index (χ3v) is 5.27. The molecule has 0 bridgehead atoms. The average molecular weight is 452 g/mol. The van der Waals surface area contributed by atoms with Crippen molar-refractivity contribution in [3.8, 4) is 5.75 Å². The number of aromatic nitrogens is 1. The molecule has 138 valence electrons. The predicted octanol–water partition coefficient (Wildman–Crippen LogP) is 5.72. The molecule has 28 heavy (non-hydrogen) atoms. The Bertz CT molecular complexity index is 1140. The number of hydrazone groups is 1. The van der Waals surface area contributed by atoms with Gasteiger partial charge in [0.25, 0.3) is 0 Å². The van der Waals surface area contributed by atoms with Crippen LogP contribution in [0.25, 0.3) is 10.2 Å². The van der Waals surface area contributed by atoms with Crippen LogP contribution < -0.4 is 10.2 Å². The Morgan fingerprint density at radius 2 is 1.89 bits per heavy atom. The number of nitrogens with one attached hydrogen (secondary N) is 1. The van der Waals surface area contributed by atoms with Crippen LogP contribution in [0, 0.1) is 0 Å². The quantitative estimate of drug-likeness (QED) is 0.182. The maximum atomic E-state index is 12.4. The van der Waals surface area contributed by atoms with Crippen molar-refractivity contribution in [3.63, 3.8) is 0 Å². The third kappa shape index (κ3) is 4.27. The van der Waals surface area contributed by atoms with Crippen LogP contribution in [0.1, 0.15) is 15.9 Å². The van der Waals surface area contributed by atoms with E-state index < -0.39 is 5.97 Å². The molecule has 0 saturated heterocycles. The highest BCUT2D eigenvalue weighted by Gasteiger charge is 2.11. The van der Waals surface area contributed by atoms with Crippen LogP contribution in [0.5, 0.6) is 5.75 Å². The summed E-state index contributed by atoms with van der Waals surface area (Å²) in [5, 5.41) is 4.93. The molecule has 0 radical (unpaired) electrons. The van der Waals surface area contributed by atoms with Gasteiger partial charge in [0.2, 0.25) is 5.13 Å². The molecular weight excluding hydrogens is 438 g/mol. The number of carbonyl (C=O) groups excluding carboxylic acids is 1. The summed E-state index contributed by atoms with van der Waals surface area (Å²) in [6.07, 6.45) is 1.61. The Morgan fingerprint density at radius 1 is 1.07 bits per heavy atom. The lowest BCUT2D eigenvalue weighted by atomic mass is 10.2. The summed E-state index contributed by atoms with van der Waals surface area (Å²) in [6.45, 7) is 0. The number of thiazole rings is 1. The van der Waals surface area contributed by atoms with Gasteiger partial charge in [-0.05, 0) is 42.5 Å². The summed E-state index contributed by atoms with van der Waals surface area (Å²) in [5.41, 5.74) is 5.00. The molecular formula is C21H14BrN3O2S. The fourth-order valence-corrected chi connectivity index (χ4v) is 3.75. The minimum Gasteiger partial charge on any atom is -0.422 e. The summed E-state index contributed by atoms with van der Waals surface area (Å²) in [5.74, 6) is 0.00334. The number of esters is 1. The molecule has 3 aromatic carbocycles. The summed E-state index contributed by atoms with van der Waals surface area (Å²) in [6, 6.07) is 22.2. The van der Waals surface area contributed by atoms with Crippen LogP contribution in [-0.4, -0.2) is 17.2 Å². The van der Waals surface area contributed by atoms with Crippen molar-refractivity contribution in [2.75, 3.05) is 5.43 Å². The fourth-order valence-electron chi connectivity index (χ4n) is 2.53. The first-order valence-electron chi connectivity index (χ1n) is 8.40. The van der Waals surface area contributed by atoms with Crippen molar-refractivity contribution in [3.05, 3.63) is 88.4 Å². The molecule has 4 rings (SSSR count). The minimum absolute atomic E-state index is 0.429. The molecule has 0 saturated carbocycles. The number of para-hydroxylation sites is 2. The Hall–Kier alpha value is -3.03. The molecule has 4 aromatic rings. The highest BCUT2D eigenvalue weighted by atomic mass is 79.9. The molecule has 1 N–H and O–H groups in total. The van der Waals surface area contributed by atoms with Crippen LogP contribution in [0.3, 0.4) is 0 Å². The number of carbonyl (C=O) groups is 1. The predicted molar refractivity (Wildman–Crippen MR) is 116 cm³/mol. The summed E-state index contributed by atoms with van der Waals surface area (Å²) in [4.78, 5) is 16.9. The Balaban J connectivity index is 1.49. The maximum Gasteiger partial charge on any atom is 0.343 e. The van der Waals surface area contributed by atoms with Gasteiger partial charge in [0.05, 0.1) is 22.0 Å². The van der Waals surface area contributed by atoms with Gasteiger partial charge < -0.3 is 4.74 Å². The topological polar surface area (TPSA) is 63.6 Å². The molecule has 1 heterocycles. The number of ether oxygens (including phenoxy) is 1. The van der Waals surface area contributed by atoms with Gasteiger partial charge in [-0.3, -0.25) is 5.43 Å². The van der Waals surface area contributed by atoms with E-state index in [0.717, 1.165) is 14.7 Å². The molecule has 0 amide bonds. The Morgan fingerprint density at radius 3 is 2.75 bits per heavy atom. The number of benzene rings is 3. The van der Waals surface area contributed by atoms with Gasteiger partial charge in [-0.25, -0.2) is 9.78 Å². The van der Waals surface area contributed by atoms with E-state index >= 15 is 0 Å². The summed E-state index contributed by atoms with van der Waals surface area (Å²) in [7, 11) is 0. The molecule has 0 aliphatic rings. The average Bonchev–Trinajstić information content (AvgIpc) is 3.12. The first-order valence-corrected chi connectivity index (χ1v) is 10.0. The minimum atomic E-state index is -0.429. The molecule has 7 heteroatoms. The second-order valence-corrected chi connectivity index (χ2v) is 7.74. The number of hydrogen-bond acceptors (Lipinski definition) is 6. The van der Waals surface area contributed by atoms with Crippen molar-refractivity contribution in [1.82, 2.24) is 4.98 Å². The monoisotopic (exact) mass is 451 g/mol. The first kappa shape index (κ1) is 18.3. The number of fused-ring (bicyclic) bond motifs is 1. The van der Waals surface area contributed by atoms with E-state index in [1.54, 1.807) is 30.5 Å². The standard InChI is InChI=1S/C21H14BrN3O2S/c22-16-8-5-7-14(12-16)20(26)27-18-10-3-1-6-15(18)13-23-25-21-24-17-9-2-4-11-19(17)28-21/h1-13H,(H,24,25). The summed E-state index contributed by atoms with van der Waals surface area (Å²) < 4.78 is 7.45. The van der Waals surface area contributed by atoms with Crippen LogP contribution in [0.4, 0.5) is 5.13 Å². The number of rotatable bonds is 5. The Labute approximate surface area is 173 Å². The van der Waals surface area contributed by atoms with E-state index in [4.69, 9.17) is 4.74 Å². The van der Waals surface area contributed by atoms with Crippen LogP contribution in [-0.2, 0) is 0 Å². The van der Waals surface area contributed by atoms with E-state index in [-0.39, 0.29) is 0 Å². The zero-order chi connectivity index (χ0) is 19.3. The first-order chi connectivity index (χ1) is 13.7. The zero-order valence-corrected chi connectivity index (χ0v) is 16.9. The van der Waals surface area contributed by atoms with Gasteiger partial charge in [-0.15, -0.1) is 0 Å². The van der Waals surface area contributed by atoms with Gasteiger partial charge >= 0.3 is 5.97 Å². The number of halogens is 1. The smallest absolute Gasteiger partial charge is 0.343 e. The van der Waals surface area contributed by atoms with Crippen LogP contribution >= 0.6 is 27.3 Å². The molecule has 0 atom stereocenters. The molecule has 0 aliphatic carbocycles. The molecule has 0 fully saturated rings. The molecule has 0 spiro atoms. The van der Waals surface area contributed by atoms with E-state index in [0.29, 0.717) is 22.0 Å². The second-order valence-electron chi connectivity index (χ2n) is 5.79. The van der Waals surface area contributed by atoms with Crippen molar-refractivity contribution in [2.24, 2.45) is 5.10 Å². The van der Waals surface area contributed by atoms with E-state index in [2.05, 4.69) is 31.4 Å². The van der Waals surface area contributed by atoms with Crippen molar-refractivity contribution in [1.29, 1.82) is 0 Å². The van der Waals surface area contributed by atoms with Crippen molar-refractivity contribution < 1.29 is 9.53 Å². The SMILES string of the molecule is O=C(Oc1ccccc1C=NNc1nc2ccccc2s1)c1cccc(Br)c1. The number of hydrogen-bond donors (Lipinski definition) is 1. The largest absolute Gasteiger partial charge is 0.422 e. The van der Waals surface area contributed by atoms with Crippen molar-refractivity contribution in [2.45, 2.75) is 0 Å². The maximum absolute atomic E-state index is 12.4. The third-order valence-electron chi connectivity index (χ3n) is 3.84. The normalized spacial score (nSPS) is 11.0.